The standard InChI is InChI=1S/C22H27N3OS.C2H2O4/c1-24(22-23-20-11-5-6-12-21(20)27-22)18-13-15-25(17-18)14-7-8-16-26-19-9-3-2-4-10-19;3-1(4)2(5)6/h2-6,9-12,18H,7-8,13-17H2,1H3;(H,3,4)(H,5,6)/p-2. The second kappa shape index (κ2) is 12.2. The van der Waals surface area contributed by atoms with E-state index in [0.717, 1.165) is 42.5 Å². The quantitative estimate of drug-likeness (QED) is 0.357. The number of carbonyl (C=O) groups is 2. The molecule has 0 amide bonds. The fourth-order valence-corrected chi connectivity index (χ4v) is 4.64. The van der Waals surface area contributed by atoms with Gasteiger partial charge >= 0.3 is 0 Å². The molecular formula is C24H27N3O5S-2. The Kier molecular flexibility index (Phi) is 9.03. The average molecular weight is 470 g/mol. The lowest BCUT2D eigenvalue weighted by atomic mass is 10.2. The van der Waals surface area contributed by atoms with Crippen molar-refractivity contribution in [2.45, 2.75) is 25.3 Å². The monoisotopic (exact) mass is 469 g/mol. The Morgan fingerprint density at radius 1 is 1.09 bits per heavy atom. The third-order valence-corrected chi connectivity index (χ3v) is 6.55. The first-order chi connectivity index (χ1) is 15.9. The minimum absolute atomic E-state index is 0.561. The second-order valence-corrected chi connectivity index (χ2v) is 8.77. The Bertz CT molecular complexity index is 998. The van der Waals surface area contributed by atoms with Gasteiger partial charge in [-0.25, -0.2) is 4.98 Å². The number of hydrogen-bond donors (Lipinski definition) is 0. The summed E-state index contributed by atoms with van der Waals surface area (Å²) in [6, 6.07) is 19.0. The highest BCUT2D eigenvalue weighted by molar-refractivity contribution is 7.22. The number of nitrogens with zero attached hydrogens (tertiary/aromatic N) is 3. The Hall–Kier alpha value is -3.17. The van der Waals surface area contributed by atoms with Crippen molar-refractivity contribution in [3.8, 4) is 5.75 Å². The summed E-state index contributed by atoms with van der Waals surface area (Å²) in [4.78, 5) is 27.6. The van der Waals surface area contributed by atoms with Crippen molar-refractivity contribution in [1.82, 2.24) is 9.88 Å². The van der Waals surface area contributed by atoms with Crippen LogP contribution in [0.25, 0.3) is 10.2 Å². The van der Waals surface area contributed by atoms with Crippen LogP contribution in [0, 0.1) is 0 Å². The molecule has 8 nitrogen and oxygen atoms in total. The van der Waals surface area contributed by atoms with Gasteiger partial charge in [0.2, 0.25) is 0 Å². The summed E-state index contributed by atoms with van der Waals surface area (Å²) >= 11 is 1.80. The molecule has 0 spiro atoms. The molecule has 0 saturated carbocycles. The number of unbranched alkanes of at least 4 members (excludes halogenated alkanes) is 1. The van der Waals surface area contributed by atoms with Gasteiger partial charge in [-0.2, -0.15) is 0 Å². The van der Waals surface area contributed by atoms with Crippen LogP contribution in [0.5, 0.6) is 5.75 Å². The molecule has 2 heterocycles. The predicted octanol–water partition coefficient (Wildman–Crippen LogP) is 1.15. The van der Waals surface area contributed by atoms with Crippen molar-refractivity contribution in [3.05, 3.63) is 54.6 Å². The SMILES string of the molecule is CN(c1nc2ccccc2s1)C1CCN(CCCCOc2ccccc2)C1.O=C([O-])C(=O)[O-]. The summed E-state index contributed by atoms with van der Waals surface area (Å²) in [5, 5.41) is 19.0. The summed E-state index contributed by atoms with van der Waals surface area (Å²) in [6.45, 7) is 4.26. The number of ether oxygens (including phenoxy) is 1. The molecule has 2 aromatic carbocycles. The number of benzene rings is 2. The van der Waals surface area contributed by atoms with E-state index in [2.05, 4.69) is 41.1 Å². The van der Waals surface area contributed by atoms with Crippen LogP contribution in [-0.4, -0.2) is 61.2 Å². The lowest BCUT2D eigenvalue weighted by Gasteiger charge is -2.24. The Morgan fingerprint density at radius 2 is 1.79 bits per heavy atom. The summed E-state index contributed by atoms with van der Waals surface area (Å²) < 4.78 is 7.05. The first kappa shape index (κ1) is 24.5. The van der Waals surface area contributed by atoms with Gasteiger partial charge in [-0.15, -0.1) is 0 Å². The van der Waals surface area contributed by atoms with Gasteiger partial charge in [0.1, 0.15) is 5.75 Å². The molecule has 1 aliphatic rings. The van der Waals surface area contributed by atoms with Gasteiger partial charge in [0.25, 0.3) is 0 Å². The number of carboxylic acids is 2. The van der Waals surface area contributed by atoms with Crippen LogP contribution < -0.4 is 19.8 Å². The maximum Gasteiger partial charge on any atom is 0.186 e. The van der Waals surface area contributed by atoms with Crippen molar-refractivity contribution in [2.75, 3.05) is 38.2 Å². The Labute approximate surface area is 197 Å². The number of carboxylic acid groups (broad SMARTS) is 2. The molecular weight excluding hydrogens is 442 g/mol. The van der Waals surface area contributed by atoms with Crippen LogP contribution in [-0.2, 0) is 9.59 Å². The van der Waals surface area contributed by atoms with Gasteiger partial charge in [0.15, 0.2) is 5.13 Å². The molecule has 9 heteroatoms. The lowest BCUT2D eigenvalue weighted by Crippen LogP contribution is -2.42. The third kappa shape index (κ3) is 7.44. The van der Waals surface area contributed by atoms with E-state index in [1.807, 2.05) is 30.3 Å². The fourth-order valence-electron chi connectivity index (χ4n) is 3.64. The minimum Gasteiger partial charge on any atom is -0.543 e. The van der Waals surface area contributed by atoms with Gasteiger partial charge < -0.3 is 34.3 Å². The van der Waals surface area contributed by atoms with E-state index in [1.165, 1.54) is 24.1 Å². The van der Waals surface area contributed by atoms with Gasteiger partial charge in [-0.05, 0) is 50.1 Å². The average Bonchev–Trinajstić information content (AvgIpc) is 3.47. The summed E-state index contributed by atoms with van der Waals surface area (Å²) in [7, 11) is 2.19. The van der Waals surface area contributed by atoms with E-state index in [0.29, 0.717) is 6.04 Å². The van der Waals surface area contributed by atoms with Crippen molar-refractivity contribution in [2.24, 2.45) is 0 Å². The van der Waals surface area contributed by atoms with Crippen molar-refractivity contribution in [3.63, 3.8) is 0 Å². The van der Waals surface area contributed by atoms with Gasteiger partial charge in [0.05, 0.1) is 28.8 Å². The molecule has 176 valence electrons. The molecule has 4 rings (SSSR count). The molecule has 0 N–H and O–H groups in total. The number of likely N-dealkylation sites (N-methyl/N-ethyl adjacent to an activating group) is 1. The molecule has 33 heavy (non-hydrogen) atoms. The number of rotatable bonds is 8. The molecule has 0 aliphatic carbocycles. The molecule has 1 saturated heterocycles. The van der Waals surface area contributed by atoms with Crippen LogP contribution in [0.1, 0.15) is 19.3 Å². The molecule has 1 unspecified atom stereocenters. The van der Waals surface area contributed by atoms with Crippen LogP contribution in [0.4, 0.5) is 5.13 Å². The molecule has 1 atom stereocenters. The summed E-state index contributed by atoms with van der Waals surface area (Å²) in [5.74, 6) is -3.40. The normalized spacial score (nSPS) is 15.6. The number of aliphatic carboxylic acids is 2. The van der Waals surface area contributed by atoms with Crippen molar-refractivity contribution < 1.29 is 24.5 Å². The number of aromatic nitrogens is 1. The van der Waals surface area contributed by atoms with Gasteiger partial charge in [0, 0.05) is 26.2 Å². The van der Waals surface area contributed by atoms with E-state index in [4.69, 9.17) is 29.5 Å². The van der Waals surface area contributed by atoms with Gasteiger partial charge in [-0.1, -0.05) is 41.7 Å². The first-order valence-electron chi connectivity index (χ1n) is 10.8. The predicted molar refractivity (Wildman–Crippen MR) is 124 cm³/mol. The maximum atomic E-state index is 8.93. The molecule has 0 radical (unpaired) electrons. The minimum atomic E-state index is -2.19. The van der Waals surface area contributed by atoms with Crippen molar-refractivity contribution >= 4 is 38.6 Å². The zero-order valence-electron chi connectivity index (χ0n) is 18.5. The number of anilines is 1. The number of fused-ring (bicyclic) bond motifs is 1. The first-order valence-corrected chi connectivity index (χ1v) is 11.7. The van der Waals surface area contributed by atoms with E-state index < -0.39 is 11.9 Å². The van der Waals surface area contributed by atoms with Crippen LogP contribution in [0.2, 0.25) is 0 Å². The molecule has 3 aromatic rings. The number of thiazole rings is 1. The number of hydrogen-bond acceptors (Lipinski definition) is 9. The Balaban J connectivity index is 0.000000454. The lowest BCUT2D eigenvalue weighted by molar-refractivity contribution is -0.345. The second-order valence-electron chi connectivity index (χ2n) is 7.76. The number of carbonyl (C=O) groups excluding carboxylic acids is 2. The number of likely N-dealkylation sites (tertiary alicyclic amines) is 1. The largest absolute Gasteiger partial charge is 0.543 e. The number of para-hydroxylation sites is 2. The maximum absolute atomic E-state index is 8.93. The van der Waals surface area contributed by atoms with E-state index >= 15 is 0 Å². The summed E-state index contributed by atoms with van der Waals surface area (Å²) in [5.41, 5.74) is 1.11. The van der Waals surface area contributed by atoms with Crippen LogP contribution >= 0.6 is 11.3 Å². The molecule has 1 aliphatic heterocycles. The molecule has 1 fully saturated rings. The van der Waals surface area contributed by atoms with E-state index in [1.54, 1.807) is 11.3 Å². The van der Waals surface area contributed by atoms with Crippen LogP contribution in [0.15, 0.2) is 54.6 Å². The van der Waals surface area contributed by atoms with E-state index in [9.17, 15) is 0 Å². The smallest absolute Gasteiger partial charge is 0.186 e. The van der Waals surface area contributed by atoms with Crippen LogP contribution in [0.3, 0.4) is 0 Å². The highest BCUT2D eigenvalue weighted by Gasteiger charge is 2.27. The fraction of sp³-hybridized carbons (Fsp3) is 0.375. The topological polar surface area (TPSA) is 109 Å². The van der Waals surface area contributed by atoms with E-state index in [-0.39, 0.29) is 0 Å². The zero-order chi connectivity index (χ0) is 23.6. The molecule has 0 bridgehead atoms. The zero-order valence-corrected chi connectivity index (χ0v) is 19.3. The highest BCUT2D eigenvalue weighted by Crippen LogP contribution is 2.30. The highest BCUT2D eigenvalue weighted by atomic mass is 32.1. The van der Waals surface area contributed by atoms with Crippen molar-refractivity contribution in [1.29, 1.82) is 0 Å². The summed E-state index contributed by atoms with van der Waals surface area (Å²) in [6.07, 6.45) is 3.50. The van der Waals surface area contributed by atoms with Gasteiger partial charge in [-0.3, -0.25) is 0 Å². The third-order valence-electron chi connectivity index (χ3n) is 5.43. The molecule has 1 aromatic heterocycles. The Morgan fingerprint density at radius 3 is 2.48 bits per heavy atom.